The van der Waals surface area contributed by atoms with Crippen molar-refractivity contribution in [1.29, 1.82) is 0 Å². The minimum atomic E-state index is -5.00. The number of halogens is 4. The van der Waals surface area contributed by atoms with E-state index in [4.69, 9.17) is 9.47 Å². The predicted octanol–water partition coefficient (Wildman–Crippen LogP) is 3.62. The summed E-state index contributed by atoms with van der Waals surface area (Å²) < 4.78 is 79.5. The molecule has 0 fully saturated rings. The lowest BCUT2D eigenvalue weighted by Gasteiger charge is -2.17. The van der Waals surface area contributed by atoms with Crippen LogP contribution in [0.25, 0.3) is 10.9 Å². The summed E-state index contributed by atoms with van der Waals surface area (Å²) in [6.45, 7) is 0. The molecule has 0 bridgehead atoms. The monoisotopic (exact) mass is 494 g/mol. The number of methoxy groups -OCH3 is 2. The van der Waals surface area contributed by atoms with Gasteiger partial charge in [-0.1, -0.05) is 0 Å². The summed E-state index contributed by atoms with van der Waals surface area (Å²) in [6, 6.07) is 6.01. The molecule has 0 amide bonds. The smallest absolute Gasteiger partial charge is 0.497 e. The van der Waals surface area contributed by atoms with Gasteiger partial charge in [-0.15, -0.1) is 25.6 Å². The van der Waals surface area contributed by atoms with Crippen LogP contribution in [-0.4, -0.2) is 46.0 Å². The van der Waals surface area contributed by atoms with Crippen molar-refractivity contribution >= 4 is 44.8 Å². The zero-order valence-electron chi connectivity index (χ0n) is 16.9. The highest BCUT2D eigenvalue weighted by Crippen LogP contribution is 2.38. The number of benzene rings is 2. The van der Waals surface area contributed by atoms with Crippen LogP contribution in [0.15, 0.2) is 41.6 Å². The first-order valence-corrected chi connectivity index (χ1v) is 10.0. The van der Waals surface area contributed by atoms with Gasteiger partial charge < -0.3 is 19.5 Å². The molecule has 0 aliphatic carbocycles. The number of nitrogens with one attached hydrogen (secondary N) is 2. The maximum atomic E-state index is 12.9. The first-order valence-electron chi connectivity index (χ1n) is 8.55. The highest BCUT2D eigenvalue weighted by molar-refractivity contribution is 7.89. The van der Waals surface area contributed by atoms with Crippen LogP contribution < -0.4 is 24.2 Å². The normalized spacial score (nSPS) is 11.6. The van der Waals surface area contributed by atoms with E-state index in [1.54, 1.807) is 12.1 Å². The Morgan fingerprint density at radius 3 is 2.31 bits per heavy atom. The van der Waals surface area contributed by atoms with Crippen molar-refractivity contribution in [2.24, 2.45) is 0 Å². The quantitative estimate of drug-likeness (QED) is 0.512. The number of sulfonamides is 1. The first-order chi connectivity index (χ1) is 14.6. The van der Waals surface area contributed by atoms with Crippen LogP contribution in [0.5, 0.6) is 17.2 Å². The molecule has 0 unspecified atom stereocenters. The highest BCUT2D eigenvalue weighted by atomic mass is 35.5. The Hall–Kier alpha value is -3.03. The van der Waals surface area contributed by atoms with E-state index in [1.165, 1.54) is 27.6 Å². The van der Waals surface area contributed by atoms with Gasteiger partial charge in [0.1, 0.15) is 23.6 Å². The molecule has 2 N–H and O–H groups in total. The third-order valence-corrected chi connectivity index (χ3v) is 5.55. The molecule has 32 heavy (non-hydrogen) atoms. The SMILES string of the molecule is CNS(=O)(=O)c1ccc(OC(F)(F)F)c(Nc2ncnc3cc(OC)cc(OC)c23)c1.Cl. The van der Waals surface area contributed by atoms with E-state index in [2.05, 4.69) is 24.7 Å². The number of alkyl halides is 3. The molecule has 14 heteroatoms. The molecule has 0 atom stereocenters. The topological polar surface area (TPSA) is 112 Å². The summed E-state index contributed by atoms with van der Waals surface area (Å²) in [5.41, 5.74) is 0.0949. The lowest BCUT2D eigenvalue weighted by molar-refractivity contribution is -0.274. The fourth-order valence-electron chi connectivity index (χ4n) is 2.74. The maximum Gasteiger partial charge on any atom is 0.573 e. The predicted molar refractivity (Wildman–Crippen MR) is 113 cm³/mol. The number of ether oxygens (including phenoxy) is 3. The molecule has 0 radical (unpaired) electrons. The molecule has 0 saturated carbocycles. The fraction of sp³-hybridized carbons (Fsp3) is 0.222. The van der Waals surface area contributed by atoms with Crippen molar-refractivity contribution in [2.45, 2.75) is 11.3 Å². The van der Waals surface area contributed by atoms with Gasteiger partial charge in [-0.2, -0.15) is 0 Å². The Morgan fingerprint density at radius 2 is 1.72 bits per heavy atom. The van der Waals surface area contributed by atoms with Crippen molar-refractivity contribution in [2.75, 3.05) is 26.6 Å². The standard InChI is InChI=1S/C18H17F3N4O5S.ClH/c1-22-31(26,27)11-4-5-14(30-18(19,20)21)12(8-11)25-17-16-13(23-9-24-17)6-10(28-2)7-15(16)29-3;/h4-9,22H,1-3H3,(H,23,24,25);1H. The largest absolute Gasteiger partial charge is 0.573 e. The Labute approximate surface area is 187 Å². The van der Waals surface area contributed by atoms with Crippen molar-refractivity contribution in [3.63, 3.8) is 0 Å². The molecule has 0 saturated heterocycles. The molecule has 2 aromatic carbocycles. The minimum Gasteiger partial charge on any atom is -0.497 e. The van der Waals surface area contributed by atoms with Gasteiger partial charge in [0, 0.05) is 12.1 Å². The molecule has 3 rings (SSSR count). The lowest BCUT2D eigenvalue weighted by Crippen LogP contribution is -2.20. The van der Waals surface area contributed by atoms with E-state index in [0.717, 1.165) is 18.2 Å². The van der Waals surface area contributed by atoms with E-state index in [9.17, 15) is 21.6 Å². The van der Waals surface area contributed by atoms with E-state index < -0.39 is 22.1 Å². The Morgan fingerprint density at radius 1 is 1.00 bits per heavy atom. The number of aromatic nitrogens is 2. The first kappa shape index (κ1) is 25.2. The zero-order chi connectivity index (χ0) is 22.8. The second kappa shape index (κ2) is 9.63. The summed E-state index contributed by atoms with van der Waals surface area (Å²) >= 11 is 0. The summed E-state index contributed by atoms with van der Waals surface area (Å²) in [4.78, 5) is 7.92. The molecule has 174 valence electrons. The molecule has 0 aliphatic rings. The number of rotatable bonds is 7. The van der Waals surface area contributed by atoms with Gasteiger partial charge in [-0.25, -0.2) is 23.1 Å². The molecule has 0 aliphatic heterocycles. The molecule has 9 nitrogen and oxygen atoms in total. The van der Waals surface area contributed by atoms with Gasteiger partial charge >= 0.3 is 6.36 Å². The third kappa shape index (κ3) is 5.41. The minimum absolute atomic E-state index is 0. The summed E-state index contributed by atoms with van der Waals surface area (Å²) in [6.07, 6.45) is -3.82. The van der Waals surface area contributed by atoms with Crippen molar-refractivity contribution in [3.8, 4) is 17.2 Å². The van der Waals surface area contributed by atoms with Crippen molar-refractivity contribution in [1.82, 2.24) is 14.7 Å². The second-order valence-corrected chi connectivity index (χ2v) is 7.87. The fourth-order valence-corrected chi connectivity index (χ4v) is 3.49. The van der Waals surface area contributed by atoms with Gasteiger partial charge in [0.15, 0.2) is 5.75 Å². The van der Waals surface area contributed by atoms with Gasteiger partial charge in [-0.3, -0.25) is 0 Å². The number of anilines is 2. The summed E-state index contributed by atoms with van der Waals surface area (Å²) in [5, 5.41) is 3.04. The zero-order valence-corrected chi connectivity index (χ0v) is 18.5. The van der Waals surface area contributed by atoms with Crippen LogP contribution in [0.4, 0.5) is 24.7 Å². The van der Waals surface area contributed by atoms with Crippen LogP contribution in [-0.2, 0) is 10.0 Å². The average Bonchev–Trinajstić information content (AvgIpc) is 2.73. The van der Waals surface area contributed by atoms with Crippen molar-refractivity contribution < 1.29 is 35.8 Å². The number of fused-ring (bicyclic) bond motifs is 1. The Kier molecular flexibility index (Phi) is 7.59. The average molecular weight is 495 g/mol. The number of hydrogen-bond donors (Lipinski definition) is 2. The lowest BCUT2D eigenvalue weighted by atomic mass is 10.2. The van der Waals surface area contributed by atoms with Crippen LogP contribution >= 0.6 is 12.4 Å². The highest BCUT2D eigenvalue weighted by Gasteiger charge is 2.33. The summed E-state index contributed by atoms with van der Waals surface area (Å²) in [5.74, 6) is 0.143. The van der Waals surface area contributed by atoms with E-state index in [1.807, 2.05) is 0 Å². The molecule has 1 aromatic heterocycles. The number of nitrogens with zero attached hydrogens (tertiary/aromatic N) is 2. The van der Waals surface area contributed by atoms with Crippen LogP contribution in [0.1, 0.15) is 0 Å². The third-order valence-electron chi connectivity index (χ3n) is 4.14. The molecule has 0 spiro atoms. The molecular formula is C18H18ClF3N4O5S. The van der Waals surface area contributed by atoms with E-state index in [0.29, 0.717) is 16.7 Å². The number of hydrogen-bond acceptors (Lipinski definition) is 8. The maximum absolute atomic E-state index is 12.9. The second-order valence-electron chi connectivity index (χ2n) is 5.98. The van der Waals surface area contributed by atoms with Gasteiger partial charge in [-0.05, 0) is 25.2 Å². The van der Waals surface area contributed by atoms with Gasteiger partial charge in [0.05, 0.1) is 35.7 Å². The molecule has 1 heterocycles. The Bertz CT molecular complexity index is 1230. The molecular weight excluding hydrogens is 477 g/mol. The van der Waals surface area contributed by atoms with Gasteiger partial charge in [0.2, 0.25) is 10.0 Å². The Balaban J connectivity index is 0.00000363. The van der Waals surface area contributed by atoms with E-state index in [-0.39, 0.29) is 34.6 Å². The van der Waals surface area contributed by atoms with Crippen LogP contribution in [0.3, 0.4) is 0 Å². The van der Waals surface area contributed by atoms with Crippen LogP contribution in [0, 0.1) is 0 Å². The van der Waals surface area contributed by atoms with Crippen LogP contribution in [0.2, 0.25) is 0 Å². The molecule has 3 aromatic rings. The van der Waals surface area contributed by atoms with E-state index >= 15 is 0 Å². The van der Waals surface area contributed by atoms with Gasteiger partial charge in [0.25, 0.3) is 0 Å². The van der Waals surface area contributed by atoms with Crippen molar-refractivity contribution in [3.05, 3.63) is 36.7 Å². The summed E-state index contributed by atoms with van der Waals surface area (Å²) in [7, 11) is 0.0867.